The van der Waals surface area contributed by atoms with Gasteiger partial charge in [0.25, 0.3) is 0 Å². The van der Waals surface area contributed by atoms with Crippen molar-refractivity contribution < 1.29 is 0 Å². The molecule has 12 rings (SSSR count). The first-order chi connectivity index (χ1) is 32.7. The van der Waals surface area contributed by atoms with Gasteiger partial charge in [-0.05, 0) is 127 Å². The molecule has 66 heavy (non-hydrogen) atoms. The monoisotopic (exact) mass is 840 g/mol. The third-order valence-electron chi connectivity index (χ3n) is 13.0. The molecule has 0 atom stereocenters. The first kappa shape index (κ1) is 38.9. The topological polar surface area (TPSA) is 8.17 Å². The maximum absolute atomic E-state index is 2.39. The molecule has 0 unspecified atom stereocenters. The van der Waals surface area contributed by atoms with Gasteiger partial charge < -0.3 is 9.47 Å². The van der Waals surface area contributed by atoms with Gasteiger partial charge in [0.15, 0.2) is 0 Å². The molecule has 0 radical (unpaired) electrons. The Labute approximate surface area is 385 Å². The molecule has 2 nitrogen and oxygen atoms in total. The highest BCUT2D eigenvalue weighted by molar-refractivity contribution is 6.16. The van der Waals surface area contributed by atoms with Crippen LogP contribution in [0.4, 0.5) is 17.1 Å². The van der Waals surface area contributed by atoms with Crippen LogP contribution in [0.2, 0.25) is 0 Å². The molecular weight excluding hydrogens is 797 g/mol. The average Bonchev–Trinajstić information content (AvgIpc) is 3.74. The van der Waals surface area contributed by atoms with E-state index in [0.717, 1.165) is 22.7 Å². The minimum absolute atomic E-state index is 1.08. The largest absolute Gasteiger partial charge is 0.310 e. The molecule has 0 bridgehead atoms. The van der Waals surface area contributed by atoms with Gasteiger partial charge >= 0.3 is 0 Å². The molecule has 0 aliphatic heterocycles. The number of fused-ring (bicyclic) bond motifs is 4. The van der Waals surface area contributed by atoms with E-state index in [1.54, 1.807) is 0 Å². The van der Waals surface area contributed by atoms with Crippen LogP contribution in [0.25, 0.3) is 93.9 Å². The third-order valence-corrected chi connectivity index (χ3v) is 13.0. The number of rotatable bonds is 9. The van der Waals surface area contributed by atoms with Gasteiger partial charge in [-0.15, -0.1) is 0 Å². The van der Waals surface area contributed by atoms with Crippen LogP contribution in [0.3, 0.4) is 0 Å². The van der Waals surface area contributed by atoms with E-state index < -0.39 is 0 Å². The SMILES string of the molecule is c1ccc(-c2cccc(N(c3ccc(-c4ccc(-c5cccc6ccccc56)cc4)cc3)c3ccc(-c4ccccc4-c4cccc5c4c4ccccc4n5-c4ccccc4)cc3)c2)cc1. The summed E-state index contributed by atoms with van der Waals surface area (Å²) in [6, 6.07) is 96.7. The van der Waals surface area contributed by atoms with E-state index in [2.05, 4.69) is 276 Å². The highest BCUT2D eigenvalue weighted by Crippen LogP contribution is 2.43. The van der Waals surface area contributed by atoms with Crippen molar-refractivity contribution in [3.8, 4) is 61.3 Å². The fraction of sp³-hybridized carbons (Fsp3) is 0. The van der Waals surface area contributed by atoms with E-state index in [-0.39, 0.29) is 0 Å². The van der Waals surface area contributed by atoms with Gasteiger partial charge in [0.2, 0.25) is 0 Å². The summed E-state index contributed by atoms with van der Waals surface area (Å²) in [4.78, 5) is 2.37. The van der Waals surface area contributed by atoms with Gasteiger partial charge in [-0.2, -0.15) is 0 Å². The quantitative estimate of drug-likeness (QED) is 0.141. The van der Waals surface area contributed by atoms with Gasteiger partial charge in [0.1, 0.15) is 0 Å². The lowest BCUT2D eigenvalue weighted by Crippen LogP contribution is -2.10. The Balaban J connectivity index is 0.921. The van der Waals surface area contributed by atoms with Gasteiger partial charge in [-0.25, -0.2) is 0 Å². The predicted octanol–water partition coefficient (Wildman–Crippen LogP) is 17.7. The normalized spacial score (nSPS) is 11.3. The molecule has 11 aromatic carbocycles. The first-order valence-corrected chi connectivity index (χ1v) is 22.7. The number of nitrogens with zero attached hydrogens (tertiary/aromatic N) is 2. The second-order valence-corrected chi connectivity index (χ2v) is 16.9. The van der Waals surface area contributed by atoms with Gasteiger partial charge in [0, 0.05) is 33.5 Å². The molecular formula is C64H44N2. The maximum atomic E-state index is 2.39. The Bertz CT molecular complexity index is 3660. The van der Waals surface area contributed by atoms with Crippen molar-refractivity contribution in [3.05, 3.63) is 267 Å². The van der Waals surface area contributed by atoms with E-state index in [0.29, 0.717) is 0 Å². The van der Waals surface area contributed by atoms with Crippen LogP contribution in [-0.4, -0.2) is 4.57 Å². The van der Waals surface area contributed by atoms with Crippen LogP contribution in [-0.2, 0) is 0 Å². The van der Waals surface area contributed by atoms with Crippen LogP contribution in [0.1, 0.15) is 0 Å². The molecule has 12 aromatic rings. The van der Waals surface area contributed by atoms with Crippen LogP contribution in [0.5, 0.6) is 0 Å². The van der Waals surface area contributed by atoms with Crippen molar-refractivity contribution in [2.45, 2.75) is 0 Å². The van der Waals surface area contributed by atoms with Crippen LogP contribution < -0.4 is 4.90 Å². The van der Waals surface area contributed by atoms with Crippen molar-refractivity contribution in [1.82, 2.24) is 4.57 Å². The van der Waals surface area contributed by atoms with Crippen molar-refractivity contribution in [1.29, 1.82) is 0 Å². The Morgan fingerprint density at radius 2 is 0.727 bits per heavy atom. The Kier molecular flexibility index (Phi) is 9.89. The molecule has 1 heterocycles. The molecule has 0 spiro atoms. The Morgan fingerprint density at radius 3 is 1.48 bits per heavy atom. The lowest BCUT2D eigenvalue weighted by Gasteiger charge is -2.26. The average molecular weight is 841 g/mol. The Morgan fingerprint density at radius 1 is 0.258 bits per heavy atom. The smallest absolute Gasteiger partial charge is 0.0547 e. The van der Waals surface area contributed by atoms with Crippen molar-refractivity contribution in [2.75, 3.05) is 4.90 Å². The maximum Gasteiger partial charge on any atom is 0.0547 e. The summed E-state index contributed by atoms with van der Waals surface area (Å²) >= 11 is 0. The summed E-state index contributed by atoms with van der Waals surface area (Å²) in [5.74, 6) is 0. The second kappa shape index (κ2) is 16.8. The summed E-state index contributed by atoms with van der Waals surface area (Å²) in [7, 11) is 0. The molecule has 2 heteroatoms. The van der Waals surface area contributed by atoms with Gasteiger partial charge in [-0.3, -0.25) is 0 Å². The molecule has 0 N–H and O–H groups in total. The molecule has 0 fully saturated rings. The van der Waals surface area contributed by atoms with Crippen LogP contribution >= 0.6 is 0 Å². The Hall–Kier alpha value is -8.72. The molecule has 0 saturated heterocycles. The van der Waals surface area contributed by atoms with Crippen molar-refractivity contribution >= 4 is 49.6 Å². The van der Waals surface area contributed by atoms with E-state index in [1.165, 1.54) is 88.2 Å². The van der Waals surface area contributed by atoms with Crippen molar-refractivity contribution in [2.24, 2.45) is 0 Å². The van der Waals surface area contributed by atoms with Crippen molar-refractivity contribution in [3.63, 3.8) is 0 Å². The number of hydrogen-bond acceptors (Lipinski definition) is 1. The summed E-state index contributed by atoms with van der Waals surface area (Å²) < 4.78 is 2.39. The standard InChI is InChI=1S/C64H44N2/c1-3-16-45(17-4-1)51-20-13-23-55(44-51)65(53-40-36-47(37-41-53)46-32-34-49(35-33-46)57-28-14-19-48-18-7-8-24-56(48)57)54-42-38-50(39-43-54)58-25-9-10-26-59(58)60-29-15-31-63-64(60)61-27-11-12-30-62(61)66(63)52-21-5-2-6-22-52/h1-44H. The van der Waals surface area contributed by atoms with E-state index in [4.69, 9.17) is 0 Å². The highest BCUT2D eigenvalue weighted by Gasteiger charge is 2.19. The van der Waals surface area contributed by atoms with Crippen LogP contribution in [0, 0.1) is 0 Å². The number of anilines is 3. The molecule has 1 aromatic heterocycles. The molecule has 0 aliphatic carbocycles. The number of hydrogen-bond donors (Lipinski definition) is 0. The van der Waals surface area contributed by atoms with Gasteiger partial charge in [0.05, 0.1) is 11.0 Å². The zero-order valence-corrected chi connectivity index (χ0v) is 36.3. The predicted molar refractivity (Wildman–Crippen MR) is 280 cm³/mol. The van der Waals surface area contributed by atoms with E-state index in [9.17, 15) is 0 Å². The first-order valence-electron chi connectivity index (χ1n) is 22.7. The zero-order valence-electron chi connectivity index (χ0n) is 36.3. The third kappa shape index (κ3) is 7.02. The van der Waals surface area contributed by atoms with E-state index >= 15 is 0 Å². The molecule has 0 amide bonds. The number of benzene rings is 11. The number of para-hydroxylation sites is 2. The van der Waals surface area contributed by atoms with Gasteiger partial charge in [-0.1, -0.05) is 206 Å². The summed E-state index contributed by atoms with van der Waals surface area (Å²) in [5, 5.41) is 5.03. The number of aromatic nitrogens is 1. The fourth-order valence-electron chi connectivity index (χ4n) is 9.88. The molecule has 0 aliphatic rings. The minimum Gasteiger partial charge on any atom is -0.310 e. The highest BCUT2D eigenvalue weighted by atomic mass is 15.1. The zero-order chi connectivity index (χ0) is 43.8. The summed E-state index contributed by atoms with van der Waals surface area (Å²) in [6.45, 7) is 0. The lowest BCUT2D eigenvalue weighted by molar-refractivity contribution is 1.18. The van der Waals surface area contributed by atoms with Crippen LogP contribution in [0.15, 0.2) is 267 Å². The molecule has 310 valence electrons. The summed E-state index contributed by atoms with van der Waals surface area (Å²) in [5.41, 5.74) is 18.8. The lowest BCUT2D eigenvalue weighted by atomic mass is 9.92. The minimum atomic E-state index is 1.08. The summed E-state index contributed by atoms with van der Waals surface area (Å²) in [6.07, 6.45) is 0. The molecule has 0 saturated carbocycles. The van der Waals surface area contributed by atoms with E-state index in [1.807, 2.05) is 0 Å². The fourth-order valence-corrected chi connectivity index (χ4v) is 9.88. The second-order valence-electron chi connectivity index (χ2n) is 16.9.